The molecule has 0 N–H and O–H groups in total. The van der Waals surface area contributed by atoms with Gasteiger partial charge in [-0.3, -0.25) is 14.2 Å². The molecular weight excluding hydrogens is 310 g/mol. The zero-order chi connectivity index (χ0) is 16.4. The van der Waals surface area contributed by atoms with E-state index in [4.69, 9.17) is 0 Å². The van der Waals surface area contributed by atoms with E-state index in [2.05, 4.69) is 15.1 Å². The molecule has 3 aromatic rings. The number of fused-ring (bicyclic) bond motifs is 1. The summed E-state index contributed by atoms with van der Waals surface area (Å²) in [6, 6.07) is 3.82. The number of thiazole rings is 1. The van der Waals surface area contributed by atoms with Crippen LogP contribution in [0.3, 0.4) is 0 Å². The maximum atomic E-state index is 11.9. The molecule has 23 heavy (non-hydrogen) atoms. The third-order valence-corrected chi connectivity index (χ3v) is 4.42. The van der Waals surface area contributed by atoms with E-state index in [1.807, 2.05) is 43.7 Å². The van der Waals surface area contributed by atoms with Crippen molar-refractivity contribution < 1.29 is 4.79 Å². The van der Waals surface area contributed by atoms with Gasteiger partial charge < -0.3 is 5.01 Å². The fraction of sp³-hybridized carbons (Fsp3) is 0.250. The summed E-state index contributed by atoms with van der Waals surface area (Å²) in [6.07, 6.45) is 7.53. The highest BCUT2D eigenvalue weighted by Crippen LogP contribution is 2.24. The van der Waals surface area contributed by atoms with E-state index in [0.717, 1.165) is 26.7 Å². The van der Waals surface area contributed by atoms with Gasteiger partial charge in [0.2, 0.25) is 0 Å². The summed E-state index contributed by atoms with van der Waals surface area (Å²) < 4.78 is 1.88. The summed E-state index contributed by atoms with van der Waals surface area (Å²) in [5.41, 5.74) is 2.38. The number of Topliss-reactive ketones (excluding diaryl/α,β-unsaturated/α-hetero) is 1. The molecule has 0 amide bonds. The molecule has 0 bridgehead atoms. The van der Waals surface area contributed by atoms with Crippen LogP contribution in [0.1, 0.15) is 34.3 Å². The lowest BCUT2D eigenvalue weighted by molar-refractivity contribution is 0.0991. The topological polar surface area (TPSA) is 62.9 Å². The third-order valence-electron chi connectivity index (χ3n) is 3.27. The van der Waals surface area contributed by atoms with E-state index in [1.54, 1.807) is 23.7 Å². The van der Waals surface area contributed by atoms with Crippen LogP contribution in [0.25, 0.3) is 4.83 Å². The molecule has 0 radical (unpaired) electrons. The Balaban J connectivity index is 2.15. The Hall–Kier alpha value is -2.54. The van der Waals surface area contributed by atoms with Gasteiger partial charge in [0.15, 0.2) is 5.78 Å². The van der Waals surface area contributed by atoms with Crippen molar-refractivity contribution in [1.29, 1.82) is 0 Å². The Labute approximate surface area is 138 Å². The fourth-order valence-corrected chi connectivity index (χ4v) is 3.29. The third kappa shape index (κ3) is 3.00. The van der Waals surface area contributed by atoms with Crippen LogP contribution >= 0.6 is 11.3 Å². The van der Waals surface area contributed by atoms with E-state index < -0.39 is 0 Å². The predicted molar refractivity (Wildman–Crippen MR) is 91.3 cm³/mol. The standard InChI is InChI=1S/C16H17N5OS/c1-4-12(22)13-9-21-10-18-15(16(21)23-13)14(19-20(2)3)11-6-5-7-17-8-11/h5-10H,4H2,1-3H3/b19-14+. The van der Waals surface area contributed by atoms with Gasteiger partial charge in [0.1, 0.15) is 22.6 Å². The molecule has 0 fully saturated rings. The highest BCUT2D eigenvalue weighted by molar-refractivity contribution is 7.19. The molecule has 0 unspecified atom stereocenters. The van der Waals surface area contributed by atoms with Gasteiger partial charge in [-0.15, -0.1) is 11.3 Å². The minimum Gasteiger partial charge on any atom is -0.302 e. The molecular formula is C16H17N5OS. The number of pyridine rings is 1. The van der Waals surface area contributed by atoms with Crippen molar-refractivity contribution in [2.24, 2.45) is 5.10 Å². The van der Waals surface area contributed by atoms with Crippen molar-refractivity contribution in [1.82, 2.24) is 19.4 Å². The number of hydrogen-bond donors (Lipinski definition) is 0. The molecule has 0 aromatic carbocycles. The number of nitrogens with zero attached hydrogens (tertiary/aromatic N) is 5. The lowest BCUT2D eigenvalue weighted by Gasteiger charge is -2.09. The first-order valence-corrected chi connectivity index (χ1v) is 8.08. The Kier molecular flexibility index (Phi) is 4.20. The number of hydrogen-bond acceptors (Lipinski definition) is 6. The first-order chi connectivity index (χ1) is 11.1. The first kappa shape index (κ1) is 15.4. The van der Waals surface area contributed by atoms with Crippen LogP contribution in [0.15, 0.2) is 42.2 Å². The monoisotopic (exact) mass is 327 g/mol. The summed E-state index contributed by atoms with van der Waals surface area (Å²) in [5.74, 6) is 0.136. The quantitative estimate of drug-likeness (QED) is 0.411. The molecule has 0 atom stereocenters. The Morgan fingerprint density at radius 1 is 1.43 bits per heavy atom. The number of imidazole rings is 1. The second-order valence-electron chi connectivity index (χ2n) is 5.22. The van der Waals surface area contributed by atoms with E-state index in [1.165, 1.54) is 11.3 Å². The molecule has 6 nitrogen and oxygen atoms in total. The Morgan fingerprint density at radius 3 is 2.91 bits per heavy atom. The number of aromatic nitrogens is 3. The second-order valence-corrected chi connectivity index (χ2v) is 6.25. The van der Waals surface area contributed by atoms with Crippen LogP contribution in [0.2, 0.25) is 0 Å². The fourth-order valence-electron chi connectivity index (χ4n) is 2.21. The van der Waals surface area contributed by atoms with Gasteiger partial charge in [0.05, 0.1) is 4.88 Å². The van der Waals surface area contributed by atoms with Crippen LogP contribution in [-0.2, 0) is 0 Å². The van der Waals surface area contributed by atoms with E-state index in [-0.39, 0.29) is 5.78 Å². The van der Waals surface area contributed by atoms with Crippen molar-refractivity contribution in [2.45, 2.75) is 13.3 Å². The molecule has 0 aliphatic carbocycles. The lowest BCUT2D eigenvalue weighted by atomic mass is 10.1. The molecule has 0 aliphatic heterocycles. The molecule has 118 valence electrons. The summed E-state index contributed by atoms with van der Waals surface area (Å²) in [5, 5.41) is 6.31. The van der Waals surface area contributed by atoms with Crippen LogP contribution < -0.4 is 0 Å². The largest absolute Gasteiger partial charge is 0.302 e. The van der Waals surface area contributed by atoms with Crippen LogP contribution in [0.5, 0.6) is 0 Å². The summed E-state index contributed by atoms with van der Waals surface area (Å²) in [6.45, 7) is 1.87. The molecule has 0 saturated carbocycles. The maximum absolute atomic E-state index is 11.9. The van der Waals surface area contributed by atoms with Gasteiger partial charge >= 0.3 is 0 Å². The molecule has 3 aromatic heterocycles. The molecule has 0 saturated heterocycles. The van der Waals surface area contributed by atoms with Crippen LogP contribution in [0.4, 0.5) is 0 Å². The highest BCUT2D eigenvalue weighted by Gasteiger charge is 2.18. The van der Waals surface area contributed by atoms with Gasteiger partial charge in [0.25, 0.3) is 0 Å². The van der Waals surface area contributed by atoms with Gasteiger partial charge in [-0.25, -0.2) is 4.98 Å². The van der Waals surface area contributed by atoms with E-state index in [0.29, 0.717) is 6.42 Å². The zero-order valence-electron chi connectivity index (χ0n) is 13.2. The number of carbonyl (C=O) groups excluding carboxylic acids is 1. The van der Waals surface area contributed by atoms with Crippen LogP contribution in [-0.4, -0.2) is 45.0 Å². The van der Waals surface area contributed by atoms with Gasteiger partial charge in [0, 0.05) is 44.7 Å². The van der Waals surface area contributed by atoms with Crippen molar-refractivity contribution >= 4 is 27.7 Å². The molecule has 3 heterocycles. The van der Waals surface area contributed by atoms with Gasteiger partial charge in [-0.2, -0.15) is 5.10 Å². The number of hydrazone groups is 1. The summed E-state index contributed by atoms with van der Waals surface area (Å²) in [7, 11) is 3.73. The van der Waals surface area contributed by atoms with Crippen molar-refractivity contribution in [3.63, 3.8) is 0 Å². The zero-order valence-corrected chi connectivity index (χ0v) is 14.0. The smallest absolute Gasteiger partial charge is 0.174 e. The number of carbonyl (C=O) groups is 1. The summed E-state index contributed by atoms with van der Waals surface area (Å²) in [4.78, 5) is 22.2. The average Bonchev–Trinajstić information content (AvgIpc) is 3.13. The molecule has 3 rings (SSSR count). The normalized spacial score (nSPS) is 11.9. The molecule has 0 spiro atoms. The van der Waals surface area contributed by atoms with Gasteiger partial charge in [-0.1, -0.05) is 6.92 Å². The van der Waals surface area contributed by atoms with Crippen molar-refractivity contribution in [3.8, 4) is 0 Å². The predicted octanol–water partition coefficient (Wildman–Crippen LogP) is 2.70. The van der Waals surface area contributed by atoms with Gasteiger partial charge in [-0.05, 0) is 12.1 Å². The van der Waals surface area contributed by atoms with Crippen molar-refractivity contribution in [3.05, 3.63) is 53.2 Å². The minimum absolute atomic E-state index is 0.136. The Bertz CT molecular complexity index is 863. The maximum Gasteiger partial charge on any atom is 0.174 e. The second kappa shape index (κ2) is 6.29. The Morgan fingerprint density at radius 2 is 2.26 bits per heavy atom. The average molecular weight is 327 g/mol. The van der Waals surface area contributed by atoms with Crippen molar-refractivity contribution in [2.75, 3.05) is 14.1 Å². The SMILES string of the molecule is CCC(=O)c1cn2cnc(/C(=N/N(C)C)c3cccnc3)c2s1. The van der Waals surface area contributed by atoms with Crippen LogP contribution in [0, 0.1) is 0 Å². The van der Waals surface area contributed by atoms with E-state index in [9.17, 15) is 4.79 Å². The molecule has 7 heteroatoms. The van der Waals surface area contributed by atoms with E-state index >= 15 is 0 Å². The number of rotatable bonds is 5. The minimum atomic E-state index is 0.136. The first-order valence-electron chi connectivity index (χ1n) is 7.26. The summed E-state index contributed by atoms with van der Waals surface area (Å²) >= 11 is 1.44. The highest BCUT2D eigenvalue weighted by atomic mass is 32.1. The number of ketones is 1. The molecule has 0 aliphatic rings. The lowest BCUT2D eigenvalue weighted by Crippen LogP contribution is -2.12.